The van der Waals surface area contributed by atoms with Gasteiger partial charge in [0.1, 0.15) is 11.6 Å². The van der Waals surface area contributed by atoms with E-state index in [2.05, 4.69) is 15.6 Å². The van der Waals surface area contributed by atoms with E-state index < -0.39 is 29.8 Å². The van der Waals surface area contributed by atoms with E-state index in [0.29, 0.717) is 18.8 Å². The highest BCUT2D eigenvalue weighted by Crippen LogP contribution is 2.37. The van der Waals surface area contributed by atoms with Crippen molar-refractivity contribution in [3.8, 4) is 0 Å². The SMILES string of the molecule is CN=C(NCC(c1c(F)cccc1F)N(C)C)NC1CCCC(C(F)(F)F)C1. The second-order valence-corrected chi connectivity index (χ2v) is 7.31. The van der Waals surface area contributed by atoms with Gasteiger partial charge in [-0.2, -0.15) is 13.2 Å². The normalized spacial score (nSPS) is 22.2. The molecule has 2 N–H and O–H groups in total. The molecule has 28 heavy (non-hydrogen) atoms. The number of likely N-dealkylation sites (N-methyl/N-ethyl adjacent to an activating group) is 1. The Kier molecular flexibility index (Phi) is 7.63. The van der Waals surface area contributed by atoms with E-state index in [4.69, 9.17) is 0 Å². The summed E-state index contributed by atoms with van der Waals surface area (Å²) in [7, 11) is 4.90. The Labute approximate surface area is 162 Å². The number of guanidine groups is 1. The van der Waals surface area contributed by atoms with Crippen LogP contribution in [0.25, 0.3) is 0 Å². The summed E-state index contributed by atoms with van der Waals surface area (Å²) in [6.45, 7) is 0.139. The number of nitrogens with one attached hydrogen (secondary N) is 2. The first-order valence-electron chi connectivity index (χ1n) is 9.27. The summed E-state index contributed by atoms with van der Waals surface area (Å²) in [4.78, 5) is 5.72. The Bertz CT molecular complexity index is 655. The second kappa shape index (κ2) is 9.54. The van der Waals surface area contributed by atoms with Crippen LogP contribution in [0.2, 0.25) is 0 Å². The molecule has 0 amide bonds. The monoisotopic (exact) mass is 406 g/mol. The van der Waals surface area contributed by atoms with Crippen molar-refractivity contribution < 1.29 is 22.0 Å². The van der Waals surface area contributed by atoms with E-state index in [1.807, 2.05) is 0 Å². The molecule has 1 aliphatic carbocycles. The zero-order chi connectivity index (χ0) is 20.9. The van der Waals surface area contributed by atoms with E-state index in [1.165, 1.54) is 25.2 Å². The number of rotatable bonds is 5. The first kappa shape index (κ1) is 22.4. The van der Waals surface area contributed by atoms with Crippen molar-refractivity contribution in [1.82, 2.24) is 15.5 Å². The van der Waals surface area contributed by atoms with E-state index in [9.17, 15) is 22.0 Å². The molecule has 158 valence electrons. The molecule has 1 aliphatic rings. The summed E-state index contributed by atoms with van der Waals surface area (Å²) in [5, 5.41) is 6.00. The van der Waals surface area contributed by atoms with Gasteiger partial charge in [-0.05, 0) is 45.5 Å². The van der Waals surface area contributed by atoms with Crippen LogP contribution in [-0.4, -0.2) is 50.8 Å². The van der Waals surface area contributed by atoms with Crippen LogP contribution in [0.1, 0.15) is 37.3 Å². The summed E-state index contributed by atoms with van der Waals surface area (Å²) in [6, 6.07) is 2.72. The minimum Gasteiger partial charge on any atom is -0.354 e. The molecule has 0 aliphatic heterocycles. The molecular formula is C19H27F5N4. The molecule has 2 rings (SSSR count). The molecular weight excluding hydrogens is 379 g/mol. The molecule has 4 nitrogen and oxygen atoms in total. The zero-order valence-electron chi connectivity index (χ0n) is 16.3. The van der Waals surface area contributed by atoms with Gasteiger partial charge in [0.25, 0.3) is 0 Å². The number of alkyl halides is 3. The summed E-state index contributed by atoms with van der Waals surface area (Å²) in [5.74, 6) is -2.30. The second-order valence-electron chi connectivity index (χ2n) is 7.31. The third-order valence-electron chi connectivity index (χ3n) is 5.12. The quantitative estimate of drug-likeness (QED) is 0.443. The molecule has 1 fully saturated rings. The van der Waals surface area contributed by atoms with Gasteiger partial charge in [0.15, 0.2) is 5.96 Å². The van der Waals surface area contributed by atoms with Gasteiger partial charge in [-0.15, -0.1) is 0 Å². The number of aliphatic imine (C=N–C) groups is 1. The predicted molar refractivity (Wildman–Crippen MR) is 99.1 cm³/mol. The van der Waals surface area contributed by atoms with Crippen LogP contribution in [0, 0.1) is 17.6 Å². The molecule has 3 atom stereocenters. The highest BCUT2D eigenvalue weighted by Gasteiger charge is 2.42. The van der Waals surface area contributed by atoms with Crippen molar-refractivity contribution in [2.45, 2.75) is 43.9 Å². The third kappa shape index (κ3) is 5.80. The number of hydrogen-bond acceptors (Lipinski definition) is 2. The van der Waals surface area contributed by atoms with Gasteiger partial charge >= 0.3 is 6.18 Å². The highest BCUT2D eigenvalue weighted by atomic mass is 19.4. The van der Waals surface area contributed by atoms with Gasteiger partial charge in [-0.25, -0.2) is 8.78 Å². The lowest BCUT2D eigenvalue weighted by Crippen LogP contribution is -2.48. The van der Waals surface area contributed by atoms with E-state index in [0.717, 1.165) is 0 Å². The average Bonchev–Trinajstić information content (AvgIpc) is 2.62. The first-order valence-corrected chi connectivity index (χ1v) is 9.27. The molecule has 3 unspecified atom stereocenters. The summed E-state index contributed by atoms with van der Waals surface area (Å²) in [5.41, 5.74) is -0.0646. The van der Waals surface area contributed by atoms with Crippen LogP contribution in [0.15, 0.2) is 23.2 Å². The first-order chi connectivity index (χ1) is 13.1. The van der Waals surface area contributed by atoms with Gasteiger partial charge < -0.3 is 15.5 Å². The number of benzene rings is 1. The maximum Gasteiger partial charge on any atom is 0.391 e. The molecule has 9 heteroatoms. The zero-order valence-corrected chi connectivity index (χ0v) is 16.3. The molecule has 0 bridgehead atoms. The lowest BCUT2D eigenvalue weighted by molar-refractivity contribution is -0.183. The van der Waals surface area contributed by atoms with Crippen LogP contribution in [0.4, 0.5) is 22.0 Å². The van der Waals surface area contributed by atoms with Crippen LogP contribution in [0.5, 0.6) is 0 Å². The molecule has 1 aromatic carbocycles. The number of halogens is 5. The summed E-state index contributed by atoms with van der Waals surface area (Å²) >= 11 is 0. The minimum atomic E-state index is -4.20. The Morgan fingerprint density at radius 2 is 1.86 bits per heavy atom. The fourth-order valence-electron chi connectivity index (χ4n) is 3.57. The molecule has 1 saturated carbocycles. The molecule has 0 saturated heterocycles. The molecule has 0 radical (unpaired) electrons. The van der Waals surface area contributed by atoms with Crippen molar-refractivity contribution in [2.24, 2.45) is 10.9 Å². The Morgan fingerprint density at radius 3 is 2.39 bits per heavy atom. The summed E-state index contributed by atoms with van der Waals surface area (Å²) in [6.07, 6.45) is -2.96. The van der Waals surface area contributed by atoms with Crippen molar-refractivity contribution in [2.75, 3.05) is 27.7 Å². The standard InChI is InChI=1S/C19H27F5N4/c1-25-18(27-13-7-4-6-12(10-13)19(22,23)24)26-11-16(28(2)3)17-14(20)8-5-9-15(17)21/h5,8-9,12-13,16H,4,6-7,10-11H2,1-3H3,(H2,25,26,27). The van der Waals surface area contributed by atoms with Crippen molar-refractivity contribution in [3.05, 3.63) is 35.4 Å². The third-order valence-corrected chi connectivity index (χ3v) is 5.12. The van der Waals surface area contributed by atoms with E-state index >= 15 is 0 Å². The lowest BCUT2D eigenvalue weighted by Gasteiger charge is -2.32. The number of hydrogen-bond donors (Lipinski definition) is 2. The largest absolute Gasteiger partial charge is 0.391 e. The average molecular weight is 406 g/mol. The Morgan fingerprint density at radius 1 is 1.21 bits per heavy atom. The van der Waals surface area contributed by atoms with Gasteiger partial charge in [0.2, 0.25) is 0 Å². The molecule has 0 aromatic heterocycles. The predicted octanol–water partition coefficient (Wildman–Crippen LogP) is 3.85. The lowest BCUT2D eigenvalue weighted by atomic mass is 9.85. The topological polar surface area (TPSA) is 39.7 Å². The van der Waals surface area contributed by atoms with Crippen LogP contribution in [-0.2, 0) is 0 Å². The Hall–Kier alpha value is -1.90. The van der Waals surface area contributed by atoms with Crippen molar-refractivity contribution >= 4 is 5.96 Å². The van der Waals surface area contributed by atoms with Gasteiger partial charge in [-0.1, -0.05) is 12.5 Å². The molecule has 0 heterocycles. The molecule has 1 aromatic rings. The molecule has 0 spiro atoms. The number of nitrogens with zero attached hydrogens (tertiary/aromatic N) is 2. The maximum atomic E-state index is 14.1. The van der Waals surface area contributed by atoms with Crippen LogP contribution in [0.3, 0.4) is 0 Å². The van der Waals surface area contributed by atoms with E-state index in [-0.39, 0.29) is 31.0 Å². The van der Waals surface area contributed by atoms with Crippen molar-refractivity contribution in [3.63, 3.8) is 0 Å². The Balaban J connectivity index is 2.02. The summed E-state index contributed by atoms with van der Waals surface area (Å²) < 4.78 is 67.3. The van der Waals surface area contributed by atoms with Crippen LogP contribution < -0.4 is 10.6 Å². The fourth-order valence-corrected chi connectivity index (χ4v) is 3.57. The van der Waals surface area contributed by atoms with Gasteiger partial charge in [-0.3, -0.25) is 4.99 Å². The highest BCUT2D eigenvalue weighted by molar-refractivity contribution is 5.80. The van der Waals surface area contributed by atoms with Gasteiger partial charge in [0, 0.05) is 25.2 Å². The van der Waals surface area contributed by atoms with Crippen molar-refractivity contribution in [1.29, 1.82) is 0 Å². The van der Waals surface area contributed by atoms with E-state index in [1.54, 1.807) is 19.0 Å². The minimum absolute atomic E-state index is 0.0107. The fraction of sp³-hybridized carbons (Fsp3) is 0.632. The van der Waals surface area contributed by atoms with Gasteiger partial charge in [0.05, 0.1) is 12.0 Å². The van der Waals surface area contributed by atoms with Crippen LogP contribution >= 0.6 is 0 Å². The maximum absolute atomic E-state index is 14.1. The smallest absolute Gasteiger partial charge is 0.354 e.